The lowest BCUT2D eigenvalue weighted by atomic mass is 9.96. The van der Waals surface area contributed by atoms with E-state index in [1.54, 1.807) is 0 Å². The molecule has 0 bridgehead atoms. The van der Waals surface area contributed by atoms with E-state index < -0.39 is 14.5 Å². The van der Waals surface area contributed by atoms with Crippen molar-refractivity contribution in [1.82, 2.24) is 0 Å². The van der Waals surface area contributed by atoms with Crippen molar-refractivity contribution in [2.75, 3.05) is 0 Å². The predicted octanol–water partition coefficient (Wildman–Crippen LogP) is 8.87. The average Bonchev–Trinajstić information content (AvgIpc) is 3.12. The van der Waals surface area contributed by atoms with Gasteiger partial charge in [0.1, 0.15) is 44.4 Å². The number of hydrogen-bond donors (Lipinski definition) is 0. The highest BCUT2D eigenvalue weighted by atomic mass is 31.2. The van der Waals surface area contributed by atoms with Gasteiger partial charge in [0.25, 0.3) is 0 Å². The number of allylic oxidation sites excluding steroid dienone is 2. The van der Waals surface area contributed by atoms with Crippen LogP contribution < -0.4 is 31.8 Å². The average molecular weight is 631 g/mol. The molecule has 2 heteroatoms. The molecule has 0 saturated heterocycles. The first-order valence-electron chi connectivity index (χ1n) is 15.8. The molecule has 0 nitrogen and oxygen atoms in total. The Morgan fingerprint density at radius 1 is 0.413 bits per heavy atom. The van der Waals surface area contributed by atoms with Crippen molar-refractivity contribution in [3.8, 4) is 11.6 Å². The molecular formula is C44H40P2+2. The maximum Gasteiger partial charge on any atom is 0.189 e. The molecular weight excluding hydrogens is 590 g/mol. The van der Waals surface area contributed by atoms with Crippen LogP contribution in [0.5, 0.6) is 0 Å². The van der Waals surface area contributed by atoms with E-state index in [4.69, 9.17) is 0 Å². The Balaban J connectivity index is 1.71. The fraction of sp³-hybridized carbons (Fsp3) is 0.0909. The fourth-order valence-corrected chi connectivity index (χ4v) is 14.7. The highest BCUT2D eigenvalue weighted by molar-refractivity contribution is 8.00. The van der Waals surface area contributed by atoms with Gasteiger partial charge in [0.2, 0.25) is 0 Å². The smallest absolute Gasteiger partial charge is 0.0620 e. The molecule has 6 aromatic carbocycles. The molecule has 0 saturated carbocycles. The van der Waals surface area contributed by atoms with E-state index in [0.717, 1.165) is 0 Å². The van der Waals surface area contributed by atoms with E-state index in [1.807, 2.05) is 0 Å². The van der Waals surface area contributed by atoms with E-state index in [9.17, 15) is 0 Å². The fourth-order valence-electron chi connectivity index (χ4n) is 6.43. The van der Waals surface area contributed by atoms with Crippen molar-refractivity contribution >= 4 is 46.4 Å². The Labute approximate surface area is 276 Å². The summed E-state index contributed by atoms with van der Waals surface area (Å²) in [5, 5.41) is 9.17. The van der Waals surface area contributed by atoms with Crippen LogP contribution in [0.25, 0.3) is 0 Å². The highest BCUT2D eigenvalue weighted by Gasteiger charge is 2.53. The van der Waals surface area contributed by atoms with Crippen LogP contribution in [0, 0.1) is 17.0 Å². The van der Waals surface area contributed by atoms with Crippen molar-refractivity contribution in [2.24, 2.45) is 5.41 Å². The van der Waals surface area contributed by atoms with Crippen LogP contribution in [0.15, 0.2) is 193 Å². The first kappa shape index (κ1) is 31.5. The zero-order valence-electron chi connectivity index (χ0n) is 26.8. The molecule has 0 aromatic heterocycles. The SMILES string of the molecule is CC(C)(C)/C(=C\C#C[P+](c1ccccc1)(c1ccccc1)c1ccccc1)[P+](c1ccccc1)(c1ccccc1)c1ccccc1. The summed E-state index contributed by atoms with van der Waals surface area (Å²) in [6.45, 7) is 7.04. The van der Waals surface area contributed by atoms with Gasteiger partial charge in [-0.1, -0.05) is 130 Å². The molecule has 0 unspecified atom stereocenters. The minimum absolute atomic E-state index is 0.169. The Hall–Kier alpha value is -4.52. The first-order valence-corrected chi connectivity index (χ1v) is 19.4. The third-order valence-electron chi connectivity index (χ3n) is 8.43. The first-order chi connectivity index (χ1) is 22.5. The van der Waals surface area contributed by atoms with Gasteiger partial charge in [-0.25, -0.2) is 0 Å². The van der Waals surface area contributed by atoms with Crippen molar-refractivity contribution in [3.63, 3.8) is 0 Å². The summed E-state index contributed by atoms with van der Waals surface area (Å²) >= 11 is 0. The third-order valence-corrected chi connectivity index (χ3v) is 16.9. The van der Waals surface area contributed by atoms with Crippen LogP contribution in [0.1, 0.15) is 20.8 Å². The van der Waals surface area contributed by atoms with Crippen molar-refractivity contribution < 1.29 is 0 Å². The lowest BCUT2D eigenvalue weighted by Crippen LogP contribution is -2.35. The van der Waals surface area contributed by atoms with E-state index in [2.05, 4.69) is 220 Å². The molecule has 0 atom stereocenters. The standard InChI is InChI=1S/C44H40P2/c1-44(2,3)43(46(40-29-16-7-17-30-40,41-31-18-8-19-32-41)42-33-20-9-21-34-42)35-22-36-45(37-23-10-4-11-24-37,38-25-12-5-13-26-38)39-27-14-6-15-28-39/h4-21,23-35H,1-3H3/q+2/b43-35+. The van der Waals surface area contributed by atoms with Gasteiger partial charge in [0, 0.05) is 11.5 Å². The Morgan fingerprint density at radius 2 is 0.674 bits per heavy atom. The Kier molecular flexibility index (Phi) is 9.48. The molecule has 0 heterocycles. The number of hydrogen-bond acceptors (Lipinski definition) is 0. The van der Waals surface area contributed by atoms with Gasteiger partial charge in [-0.15, -0.1) is 0 Å². The van der Waals surface area contributed by atoms with E-state index in [1.165, 1.54) is 37.1 Å². The minimum atomic E-state index is -2.32. The van der Waals surface area contributed by atoms with Crippen LogP contribution in [-0.4, -0.2) is 0 Å². The van der Waals surface area contributed by atoms with Gasteiger partial charge >= 0.3 is 0 Å². The van der Waals surface area contributed by atoms with Crippen LogP contribution in [0.2, 0.25) is 0 Å². The zero-order chi connectivity index (χ0) is 31.9. The topological polar surface area (TPSA) is 0 Å². The monoisotopic (exact) mass is 630 g/mol. The molecule has 0 amide bonds. The van der Waals surface area contributed by atoms with E-state index in [0.29, 0.717) is 0 Å². The summed E-state index contributed by atoms with van der Waals surface area (Å²) in [6, 6.07) is 66.0. The maximum atomic E-state index is 4.01. The van der Waals surface area contributed by atoms with Gasteiger partial charge < -0.3 is 0 Å². The van der Waals surface area contributed by atoms with Crippen LogP contribution >= 0.6 is 14.5 Å². The van der Waals surface area contributed by atoms with Gasteiger partial charge in [-0.3, -0.25) is 0 Å². The number of benzene rings is 6. The molecule has 224 valence electrons. The van der Waals surface area contributed by atoms with Crippen LogP contribution in [-0.2, 0) is 0 Å². The molecule has 6 rings (SSSR count). The van der Waals surface area contributed by atoms with Crippen molar-refractivity contribution in [1.29, 1.82) is 0 Å². The molecule has 6 aromatic rings. The molecule has 0 fully saturated rings. The Morgan fingerprint density at radius 3 is 0.935 bits per heavy atom. The molecule has 0 aliphatic carbocycles. The summed E-state index contributed by atoms with van der Waals surface area (Å²) in [5.74, 6) is 3.81. The lowest BCUT2D eigenvalue weighted by Gasteiger charge is -2.35. The van der Waals surface area contributed by atoms with Gasteiger partial charge in [0.15, 0.2) is 7.26 Å². The molecule has 46 heavy (non-hydrogen) atoms. The highest BCUT2D eigenvalue weighted by Crippen LogP contribution is 2.67. The van der Waals surface area contributed by atoms with Gasteiger partial charge in [-0.05, 0) is 78.7 Å². The second kappa shape index (κ2) is 13.9. The second-order valence-corrected chi connectivity index (χ2v) is 18.9. The molecule has 0 spiro atoms. The van der Waals surface area contributed by atoms with Crippen LogP contribution in [0.4, 0.5) is 0 Å². The second-order valence-electron chi connectivity index (χ2n) is 12.4. The third kappa shape index (κ3) is 6.03. The number of rotatable bonds is 7. The zero-order valence-corrected chi connectivity index (χ0v) is 28.6. The lowest BCUT2D eigenvalue weighted by molar-refractivity contribution is 0.531. The van der Waals surface area contributed by atoms with E-state index >= 15 is 0 Å². The summed E-state index contributed by atoms with van der Waals surface area (Å²) in [5.41, 5.74) is 3.84. The molecule has 0 radical (unpaired) electrons. The summed E-state index contributed by atoms with van der Waals surface area (Å²) in [4.78, 5) is 0. The molecule has 0 aliphatic heterocycles. The minimum Gasteiger partial charge on any atom is -0.0620 e. The van der Waals surface area contributed by atoms with E-state index in [-0.39, 0.29) is 5.41 Å². The maximum absolute atomic E-state index is 4.01. The van der Waals surface area contributed by atoms with Crippen molar-refractivity contribution in [2.45, 2.75) is 20.8 Å². The predicted molar refractivity (Wildman–Crippen MR) is 206 cm³/mol. The van der Waals surface area contributed by atoms with Crippen LogP contribution in [0.3, 0.4) is 0 Å². The van der Waals surface area contributed by atoms with Gasteiger partial charge in [-0.2, -0.15) is 0 Å². The molecule has 0 aliphatic rings. The summed E-state index contributed by atoms with van der Waals surface area (Å²) in [6.07, 6.45) is 2.30. The normalized spacial score (nSPS) is 12.2. The summed E-state index contributed by atoms with van der Waals surface area (Å²) < 4.78 is 0. The largest absolute Gasteiger partial charge is 0.189 e. The molecule has 0 N–H and O–H groups in total. The Bertz CT molecular complexity index is 1740. The quantitative estimate of drug-likeness (QED) is 0.122. The van der Waals surface area contributed by atoms with Gasteiger partial charge in [0.05, 0.1) is 5.66 Å². The van der Waals surface area contributed by atoms with Crippen molar-refractivity contribution in [3.05, 3.63) is 193 Å². The summed E-state index contributed by atoms with van der Waals surface area (Å²) in [7, 11) is -4.64.